The average Bonchev–Trinajstić information content (AvgIpc) is 3.57. The van der Waals surface area contributed by atoms with Gasteiger partial charge < -0.3 is 4.74 Å². The monoisotopic (exact) mass is 529 g/mol. The van der Waals surface area contributed by atoms with Gasteiger partial charge in [0.05, 0.1) is 28.5 Å². The van der Waals surface area contributed by atoms with E-state index >= 15 is 0 Å². The highest BCUT2D eigenvalue weighted by Crippen LogP contribution is 2.46. The van der Waals surface area contributed by atoms with E-state index < -0.39 is 10.5 Å². The Bertz CT molecular complexity index is 1450. The summed E-state index contributed by atoms with van der Waals surface area (Å²) in [6, 6.07) is 25.3. The van der Waals surface area contributed by atoms with Gasteiger partial charge in [0.1, 0.15) is 22.1 Å². The highest BCUT2D eigenvalue weighted by molar-refractivity contribution is 8.16. The summed E-state index contributed by atoms with van der Waals surface area (Å²) in [6.07, 6.45) is 0. The smallest absolute Gasteiger partial charge is 0.286 e. The van der Waals surface area contributed by atoms with Gasteiger partial charge in [0.25, 0.3) is 5.24 Å². The maximum Gasteiger partial charge on any atom is 0.286 e. The number of nitrogens with zero attached hydrogens (tertiary/aromatic N) is 2. The molecule has 2 aromatic heterocycles. The summed E-state index contributed by atoms with van der Waals surface area (Å²) < 4.78 is 5.30. The fraction of sp³-hybridized carbons (Fsp3) is 0.111. The number of hydrogen-bond acceptors (Lipinski definition) is 8. The standard InChI is InChI=1S/C27H19N3O3S3/c1-33-18-11-9-16(10-12-18)19-14-21(22-8-5-13-34-22)29-26(20(19)15-28)35-23(17-6-3-2-4-7-17)24-25(31)30-27(32)36-24/h2-14,23-24H,1H3,(H,30,31,32). The number of hydrogen-bond donors (Lipinski definition) is 1. The molecule has 0 saturated carbocycles. The van der Waals surface area contributed by atoms with Crippen LogP contribution in [0.3, 0.4) is 0 Å². The molecule has 178 valence electrons. The van der Waals surface area contributed by atoms with Crippen LogP contribution in [-0.4, -0.2) is 28.5 Å². The Balaban J connectivity index is 1.66. The van der Waals surface area contributed by atoms with Crippen molar-refractivity contribution in [2.45, 2.75) is 15.5 Å². The Morgan fingerprint density at radius 2 is 1.86 bits per heavy atom. The van der Waals surface area contributed by atoms with E-state index in [0.717, 1.165) is 44.8 Å². The number of methoxy groups -OCH3 is 1. The zero-order valence-corrected chi connectivity index (χ0v) is 21.5. The highest BCUT2D eigenvalue weighted by atomic mass is 32.2. The van der Waals surface area contributed by atoms with E-state index in [9.17, 15) is 14.9 Å². The molecule has 2 unspecified atom stereocenters. The lowest BCUT2D eigenvalue weighted by Crippen LogP contribution is -2.27. The first-order valence-corrected chi connectivity index (χ1v) is 13.6. The van der Waals surface area contributed by atoms with Crippen molar-refractivity contribution in [3.63, 3.8) is 0 Å². The molecule has 0 aliphatic carbocycles. The highest BCUT2D eigenvalue weighted by Gasteiger charge is 2.40. The van der Waals surface area contributed by atoms with Crippen LogP contribution in [0.1, 0.15) is 16.4 Å². The van der Waals surface area contributed by atoms with Crippen LogP contribution in [-0.2, 0) is 4.79 Å². The second-order valence-corrected chi connectivity index (χ2v) is 11.0. The van der Waals surface area contributed by atoms with Crippen LogP contribution in [0.2, 0.25) is 0 Å². The number of carbonyl (C=O) groups is 2. The Kier molecular flexibility index (Phi) is 7.09. The normalized spacial score (nSPS) is 15.8. The molecule has 1 saturated heterocycles. The molecular formula is C27H19N3O3S3. The van der Waals surface area contributed by atoms with E-state index in [1.54, 1.807) is 18.4 Å². The van der Waals surface area contributed by atoms with Crippen molar-refractivity contribution in [2.75, 3.05) is 7.11 Å². The van der Waals surface area contributed by atoms with Crippen molar-refractivity contribution < 1.29 is 14.3 Å². The average molecular weight is 530 g/mol. The van der Waals surface area contributed by atoms with Gasteiger partial charge in [0.15, 0.2) is 0 Å². The number of carbonyl (C=O) groups excluding carboxylic acids is 2. The first kappa shape index (κ1) is 24.1. The number of imide groups is 1. The van der Waals surface area contributed by atoms with Gasteiger partial charge in [-0.3, -0.25) is 14.9 Å². The predicted octanol–water partition coefficient (Wildman–Crippen LogP) is 6.54. The van der Waals surface area contributed by atoms with Crippen molar-refractivity contribution in [3.8, 4) is 33.5 Å². The molecule has 6 nitrogen and oxygen atoms in total. The molecule has 0 spiro atoms. The lowest BCUT2D eigenvalue weighted by Gasteiger charge is -2.21. The van der Waals surface area contributed by atoms with E-state index in [2.05, 4.69) is 11.4 Å². The van der Waals surface area contributed by atoms with Crippen LogP contribution >= 0.6 is 34.9 Å². The van der Waals surface area contributed by atoms with Crippen molar-refractivity contribution in [2.24, 2.45) is 0 Å². The number of nitriles is 1. The summed E-state index contributed by atoms with van der Waals surface area (Å²) in [4.78, 5) is 30.6. The SMILES string of the molecule is COc1ccc(-c2cc(-c3cccs3)nc(SC(c3ccccc3)C3SC(=O)NC3=O)c2C#N)cc1. The molecule has 2 atom stereocenters. The lowest BCUT2D eigenvalue weighted by molar-refractivity contribution is -0.119. The van der Waals surface area contributed by atoms with Crippen LogP contribution in [0.25, 0.3) is 21.7 Å². The first-order chi connectivity index (χ1) is 17.6. The van der Waals surface area contributed by atoms with Gasteiger partial charge in [0, 0.05) is 5.56 Å². The van der Waals surface area contributed by atoms with E-state index in [1.807, 2.05) is 78.2 Å². The fourth-order valence-corrected chi connectivity index (χ4v) is 6.96. The fourth-order valence-electron chi connectivity index (χ4n) is 3.90. The summed E-state index contributed by atoms with van der Waals surface area (Å²) in [6.45, 7) is 0. The summed E-state index contributed by atoms with van der Waals surface area (Å²) >= 11 is 3.87. The number of ether oxygens (including phenoxy) is 1. The topological polar surface area (TPSA) is 92.1 Å². The minimum Gasteiger partial charge on any atom is -0.497 e. The van der Waals surface area contributed by atoms with Crippen LogP contribution in [0.5, 0.6) is 5.75 Å². The maximum atomic E-state index is 12.7. The number of pyridine rings is 1. The molecule has 9 heteroatoms. The summed E-state index contributed by atoms with van der Waals surface area (Å²) in [5, 5.41) is 13.7. The van der Waals surface area contributed by atoms with Crippen molar-refractivity contribution in [1.29, 1.82) is 5.26 Å². The van der Waals surface area contributed by atoms with Crippen LogP contribution < -0.4 is 10.1 Å². The van der Waals surface area contributed by atoms with Crippen molar-refractivity contribution in [1.82, 2.24) is 10.3 Å². The van der Waals surface area contributed by atoms with Crippen molar-refractivity contribution >= 4 is 46.0 Å². The van der Waals surface area contributed by atoms with Crippen LogP contribution in [0, 0.1) is 11.3 Å². The molecule has 2 aromatic carbocycles. The van der Waals surface area contributed by atoms with E-state index in [0.29, 0.717) is 10.6 Å². The Morgan fingerprint density at radius 3 is 2.47 bits per heavy atom. The van der Waals surface area contributed by atoms with Gasteiger partial charge in [-0.25, -0.2) is 4.98 Å². The quantitative estimate of drug-likeness (QED) is 0.272. The molecule has 1 aliphatic heterocycles. The predicted molar refractivity (Wildman–Crippen MR) is 144 cm³/mol. The van der Waals surface area contributed by atoms with E-state index in [-0.39, 0.29) is 11.1 Å². The molecule has 1 fully saturated rings. The third-order valence-electron chi connectivity index (χ3n) is 5.63. The zero-order valence-electron chi connectivity index (χ0n) is 19.0. The lowest BCUT2D eigenvalue weighted by atomic mass is 10.0. The number of aromatic nitrogens is 1. The summed E-state index contributed by atoms with van der Waals surface area (Å²) in [5.41, 5.74) is 3.63. The Labute approximate surface area is 220 Å². The van der Waals surface area contributed by atoms with E-state index in [4.69, 9.17) is 9.72 Å². The Hall–Kier alpha value is -3.58. The molecule has 5 rings (SSSR count). The van der Waals surface area contributed by atoms with Gasteiger partial charge >= 0.3 is 0 Å². The molecular weight excluding hydrogens is 511 g/mol. The number of nitrogens with one attached hydrogen (secondary N) is 1. The number of amides is 2. The number of benzene rings is 2. The molecule has 0 bridgehead atoms. The molecule has 4 aromatic rings. The zero-order chi connectivity index (χ0) is 25.1. The van der Waals surface area contributed by atoms with Crippen LogP contribution in [0.4, 0.5) is 4.79 Å². The minimum atomic E-state index is -0.645. The Morgan fingerprint density at radius 1 is 1.08 bits per heavy atom. The van der Waals surface area contributed by atoms with Gasteiger partial charge in [-0.2, -0.15) is 5.26 Å². The second kappa shape index (κ2) is 10.6. The van der Waals surface area contributed by atoms with Gasteiger partial charge in [-0.05, 0) is 52.5 Å². The van der Waals surface area contributed by atoms with Crippen molar-refractivity contribution in [3.05, 3.63) is 89.3 Å². The van der Waals surface area contributed by atoms with Gasteiger partial charge in [-0.15, -0.1) is 11.3 Å². The molecule has 2 amide bonds. The molecule has 1 N–H and O–H groups in total. The third kappa shape index (κ3) is 4.88. The third-order valence-corrected chi connectivity index (χ3v) is 9.07. The van der Waals surface area contributed by atoms with Gasteiger partial charge in [-0.1, -0.05) is 60.3 Å². The van der Waals surface area contributed by atoms with Gasteiger partial charge in [0.2, 0.25) is 5.91 Å². The number of thioether (sulfide) groups is 2. The van der Waals surface area contributed by atoms with E-state index in [1.165, 1.54) is 11.8 Å². The number of rotatable bonds is 7. The first-order valence-electron chi connectivity index (χ1n) is 10.9. The summed E-state index contributed by atoms with van der Waals surface area (Å²) in [5.74, 6) is 0.382. The maximum absolute atomic E-state index is 12.7. The molecule has 3 heterocycles. The number of thiophene rings is 1. The molecule has 0 radical (unpaired) electrons. The van der Waals surface area contributed by atoms with Crippen LogP contribution in [0.15, 0.2) is 83.2 Å². The minimum absolute atomic E-state index is 0.338. The molecule has 36 heavy (non-hydrogen) atoms. The second-order valence-electron chi connectivity index (χ2n) is 7.82. The largest absolute Gasteiger partial charge is 0.497 e. The molecule has 1 aliphatic rings. The summed E-state index contributed by atoms with van der Waals surface area (Å²) in [7, 11) is 1.61.